The molecule has 0 spiro atoms. The molecule has 28 heavy (non-hydrogen) atoms. The van der Waals surface area contributed by atoms with Gasteiger partial charge in [0.05, 0.1) is 25.1 Å². The summed E-state index contributed by atoms with van der Waals surface area (Å²) < 4.78 is 25.6. The minimum atomic E-state index is -0.380. The van der Waals surface area contributed by atoms with E-state index in [-0.39, 0.29) is 17.4 Å². The number of nitrogens with one attached hydrogen (secondary N) is 1. The van der Waals surface area contributed by atoms with Crippen molar-refractivity contribution in [3.05, 3.63) is 66.2 Å². The number of methoxy groups -OCH3 is 1. The highest BCUT2D eigenvalue weighted by atomic mass is 19.1. The average Bonchev–Trinajstić information content (AvgIpc) is 3.20. The maximum Gasteiger partial charge on any atom is 0.276 e. The molecule has 2 aromatic carbocycles. The Bertz CT molecular complexity index is 938. The zero-order valence-electron chi connectivity index (χ0n) is 15.8. The van der Waals surface area contributed by atoms with Crippen LogP contribution in [0.3, 0.4) is 0 Å². The monoisotopic (exact) mass is 383 g/mol. The number of unbranched alkanes of at least 4 members (excludes halogenated alkanes) is 1. The SMILES string of the molecule is CCCCOc1ccc(OC)cc1NC(=O)c1ccn(-c2ccc(F)cc2)n1. The van der Waals surface area contributed by atoms with E-state index >= 15 is 0 Å². The van der Waals surface area contributed by atoms with Crippen molar-refractivity contribution in [2.75, 3.05) is 19.0 Å². The summed E-state index contributed by atoms with van der Waals surface area (Å²) in [5.74, 6) is 0.465. The summed E-state index contributed by atoms with van der Waals surface area (Å²) >= 11 is 0. The summed E-state index contributed by atoms with van der Waals surface area (Å²) in [5, 5.41) is 7.09. The van der Waals surface area contributed by atoms with E-state index in [1.165, 1.54) is 16.8 Å². The first kappa shape index (κ1) is 19.4. The number of rotatable bonds is 8. The van der Waals surface area contributed by atoms with Gasteiger partial charge in [-0.25, -0.2) is 9.07 Å². The molecule has 0 aliphatic rings. The molecule has 0 bridgehead atoms. The van der Waals surface area contributed by atoms with Crippen LogP contribution in [0.4, 0.5) is 10.1 Å². The highest BCUT2D eigenvalue weighted by Gasteiger charge is 2.14. The number of nitrogens with zero attached hydrogens (tertiary/aromatic N) is 2. The Kier molecular flexibility index (Phi) is 6.26. The van der Waals surface area contributed by atoms with Gasteiger partial charge in [0.15, 0.2) is 5.69 Å². The summed E-state index contributed by atoms with van der Waals surface area (Å²) in [4.78, 5) is 12.7. The van der Waals surface area contributed by atoms with Crippen molar-refractivity contribution >= 4 is 11.6 Å². The molecule has 0 fully saturated rings. The molecule has 3 rings (SSSR count). The number of amides is 1. The smallest absolute Gasteiger partial charge is 0.276 e. The van der Waals surface area contributed by atoms with E-state index in [2.05, 4.69) is 17.3 Å². The largest absolute Gasteiger partial charge is 0.497 e. The number of ether oxygens (including phenoxy) is 2. The zero-order valence-corrected chi connectivity index (χ0v) is 15.8. The predicted octanol–water partition coefficient (Wildman–Crippen LogP) is 4.45. The van der Waals surface area contributed by atoms with Gasteiger partial charge >= 0.3 is 0 Å². The lowest BCUT2D eigenvalue weighted by molar-refractivity contribution is 0.102. The molecule has 1 heterocycles. The standard InChI is InChI=1S/C21H22FN3O3/c1-3-4-13-28-20-10-9-17(27-2)14-19(20)23-21(26)18-11-12-25(24-18)16-7-5-15(22)6-8-16/h5-12,14H,3-4,13H2,1-2H3,(H,23,26). The molecule has 0 unspecified atom stereocenters. The fourth-order valence-electron chi connectivity index (χ4n) is 2.56. The van der Waals surface area contributed by atoms with Gasteiger partial charge in [0.1, 0.15) is 17.3 Å². The molecule has 146 valence electrons. The Morgan fingerprint density at radius 2 is 1.96 bits per heavy atom. The molecular weight excluding hydrogens is 361 g/mol. The Balaban J connectivity index is 1.77. The second-order valence-electron chi connectivity index (χ2n) is 6.14. The van der Waals surface area contributed by atoms with Gasteiger partial charge < -0.3 is 14.8 Å². The lowest BCUT2D eigenvalue weighted by atomic mass is 10.2. The molecule has 0 saturated heterocycles. The summed E-state index contributed by atoms with van der Waals surface area (Å²) in [6, 6.07) is 12.7. The van der Waals surface area contributed by atoms with E-state index in [1.54, 1.807) is 49.7 Å². The lowest BCUT2D eigenvalue weighted by Gasteiger charge is -2.13. The quantitative estimate of drug-likeness (QED) is 0.584. The number of aromatic nitrogens is 2. The first-order valence-corrected chi connectivity index (χ1v) is 9.04. The highest BCUT2D eigenvalue weighted by Crippen LogP contribution is 2.30. The molecule has 0 aliphatic carbocycles. The van der Waals surface area contributed by atoms with Crippen LogP contribution in [-0.4, -0.2) is 29.4 Å². The topological polar surface area (TPSA) is 65.4 Å². The number of halogens is 1. The van der Waals surface area contributed by atoms with Gasteiger partial charge in [0.2, 0.25) is 0 Å². The van der Waals surface area contributed by atoms with Crippen molar-refractivity contribution in [1.29, 1.82) is 0 Å². The van der Waals surface area contributed by atoms with E-state index in [0.717, 1.165) is 12.8 Å². The van der Waals surface area contributed by atoms with Crippen LogP contribution in [0.15, 0.2) is 54.7 Å². The van der Waals surface area contributed by atoms with Crippen LogP contribution in [-0.2, 0) is 0 Å². The lowest BCUT2D eigenvalue weighted by Crippen LogP contribution is -2.14. The molecule has 1 aromatic heterocycles. The van der Waals surface area contributed by atoms with Gasteiger partial charge in [0, 0.05) is 12.3 Å². The Hall–Kier alpha value is -3.35. The third kappa shape index (κ3) is 4.68. The Labute approximate surface area is 162 Å². The van der Waals surface area contributed by atoms with Gasteiger partial charge in [0.25, 0.3) is 5.91 Å². The van der Waals surface area contributed by atoms with Gasteiger partial charge in [-0.1, -0.05) is 13.3 Å². The molecule has 0 radical (unpaired) electrons. The number of carbonyl (C=O) groups excluding carboxylic acids is 1. The molecule has 6 nitrogen and oxygen atoms in total. The van der Waals surface area contributed by atoms with E-state index in [9.17, 15) is 9.18 Å². The molecule has 3 aromatic rings. The van der Waals surface area contributed by atoms with Crippen LogP contribution in [0.25, 0.3) is 5.69 Å². The second-order valence-corrected chi connectivity index (χ2v) is 6.14. The highest BCUT2D eigenvalue weighted by molar-refractivity contribution is 6.03. The first-order valence-electron chi connectivity index (χ1n) is 9.04. The molecular formula is C21H22FN3O3. The van der Waals surface area contributed by atoms with Gasteiger partial charge in [-0.2, -0.15) is 5.10 Å². The van der Waals surface area contributed by atoms with Crippen molar-refractivity contribution in [3.8, 4) is 17.2 Å². The first-order chi connectivity index (χ1) is 13.6. The van der Waals surface area contributed by atoms with Crippen LogP contribution in [0.1, 0.15) is 30.3 Å². The van der Waals surface area contributed by atoms with Crippen LogP contribution < -0.4 is 14.8 Å². The maximum absolute atomic E-state index is 13.1. The van der Waals surface area contributed by atoms with E-state index in [4.69, 9.17) is 9.47 Å². The fourth-order valence-corrected chi connectivity index (χ4v) is 2.56. The fraction of sp³-hybridized carbons (Fsp3) is 0.238. The summed E-state index contributed by atoms with van der Waals surface area (Å²) in [6.07, 6.45) is 3.58. The minimum absolute atomic E-state index is 0.228. The second kappa shape index (κ2) is 9.03. The van der Waals surface area contributed by atoms with Crippen LogP contribution >= 0.6 is 0 Å². The Morgan fingerprint density at radius 1 is 1.18 bits per heavy atom. The summed E-state index contributed by atoms with van der Waals surface area (Å²) in [6.45, 7) is 2.64. The van der Waals surface area contributed by atoms with E-state index in [1.807, 2.05) is 0 Å². The minimum Gasteiger partial charge on any atom is -0.497 e. The van der Waals surface area contributed by atoms with E-state index < -0.39 is 0 Å². The number of benzene rings is 2. The maximum atomic E-state index is 13.1. The number of anilines is 1. The average molecular weight is 383 g/mol. The molecule has 1 N–H and O–H groups in total. The predicted molar refractivity (Wildman–Crippen MR) is 105 cm³/mol. The number of hydrogen-bond donors (Lipinski definition) is 1. The zero-order chi connectivity index (χ0) is 19.9. The third-order valence-corrected chi connectivity index (χ3v) is 4.10. The van der Waals surface area contributed by atoms with Gasteiger partial charge in [-0.15, -0.1) is 0 Å². The van der Waals surface area contributed by atoms with Crippen molar-refractivity contribution in [3.63, 3.8) is 0 Å². The molecule has 0 saturated carbocycles. The van der Waals surface area contributed by atoms with Crippen LogP contribution in [0.5, 0.6) is 11.5 Å². The number of hydrogen-bond acceptors (Lipinski definition) is 4. The van der Waals surface area contributed by atoms with Crippen molar-refractivity contribution < 1.29 is 18.7 Å². The van der Waals surface area contributed by atoms with Crippen molar-refractivity contribution in [2.45, 2.75) is 19.8 Å². The molecule has 0 atom stereocenters. The van der Waals surface area contributed by atoms with Crippen LogP contribution in [0.2, 0.25) is 0 Å². The summed E-state index contributed by atoms with van der Waals surface area (Å²) in [5.41, 5.74) is 1.40. The van der Waals surface area contributed by atoms with Gasteiger partial charge in [-0.3, -0.25) is 4.79 Å². The third-order valence-electron chi connectivity index (χ3n) is 4.10. The number of carbonyl (C=O) groups is 1. The molecule has 0 aliphatic heterocycles. The Morgan fingerprint density at radius 3 is 2.68 bits per heavy atom. The van der Waals surface area contributed by atoms with Gasteiger partial charge in [-0.05, 0) is 48.9 Å². The molecule has 1 amide bonds. The normalized spacial score (nSPS) is 10.5. The molecule has 7 heteroatoms. The van der Waals surface area contributed by atoms with Crippen molar-refractivity contribution in [2.24, 2.45) is 0 Å². The van der Waals surface area contributed by atoms with Crippen molar-refractivity contribution in [1.82, 2.24) is 9.78 Å². The van der Waals surface area contributed by atoms with Crippen LogP contribution in [0, 0.1) is 5.82 Å². The summed E-state index contributed by atoms with van der Waals surface area (Å²) in [7, 11) is 1.56. The van der Waals surface area contributed by atoms with E-state index in [0.29, 0.717) is 29.5 Å².